The van der Waals surface area contributed by atoms with Crippen LogP contribution in [0.2, 0.25) is 0 Å². The largest absolute Gasteiger partial charge is 0.481 e. The van der Waals surface area contributed by atoms with E-state index < -0.39 is 5.97 Å². The van der Waals surface area contributed by atoms with Gasteiger partial charge < -0.3 is 33.3 Å². The quantitative estimate of drug-likeness (QED) is 0.0372. The zero-order valence-corrected chi connectivity index (χ0v) is 55.0. The SMILES string of the molecule is CCOC(=O)CCCSc1nc2ccccc2[nH]1.CCOC(=O)CCCSc1nc2ccccc2n1CC1=NC(C)c2cccc(C)c21.CCc1cn(C)c2cccc(C)c12.Cc1cccc2c1C(Cn1c(SCCCC(=O)O)nc3ccccc31)=NC2C. The normalized spacial score (nSPS) is 13.9. The number of thioether (sulfide) groups is 3. The molecule has 0 spiro atoms. The Labute approximate surface area is 534 Å². The highest BCUT2D eigenvalue weighted by molar-refractivity contribution is 7.99. The van der Waals surface area contributed by atoms with Gasteiger partial charge in [0.1, 0.15) is 0 Å². The van der Waals surface area contributed by atoms with Crippen molar-refractivity contribution in [2.45, 2.75) is 141 Å². The summed E-state index contributed by atoms with van der Waals surface area (Å²) in [6.07, 6.45) is 6.65. The molecule has 12 rings (SSSR count). The second-order valence-corrected chi connectivity index (χ2v) is 25.2. The van der Waals surface area contributed by atoms with E-state index in [2.05, 4.69) is 145 Å². The number of carboxylic acid groups (broad SMARTS) is 1. The maximum absolute atomic E-state index is 11.6. The van der Waals surface area contributed by atoms with Gasteiger partial charge in [0.15, 0.2) is 15.5 Å². The number of H-pyrrole nitrogens is 1. The van der Waals surface area contributed by atoms with E-state index in [4.69, 9.17) is 34.5 Å². The van der Waals surface area contributed by atoms with Gasteiger partial charge in [0, 0.05) is 71.8 Å². The molecule has 0 fully saturated rings. The number of aliphatic carboxylic acids is 1. The highest BCUT2D eigenvalue weighted by Gasteiger charge is 2.27. The summed E-state index contributed by atoms with van der Waals surface area (Å²) in [5, 5.41) is 13.1. The van der Waals surface area contributed by atoms with Crippen LogP contribution in [0.3, 0.4) is 0 Å². The number of nitrogens with one attached hydrogen (secondary N) is 1. The molecule has 464 valence electrons. The number of aromatic amines is 1. The summed E-state index contributed by atoms with van der Waals surface area (Å²) in [5.74, 6) is 1.40. The monoisotopic (exact) mass is 1250 g/mol. The molecular weight excluding hydrogens is 1170 g/mol. The molecule has 6 heterocycles. The van der Waals surface area contributed by atoms with Gasteiger partial charge >= 0.3 is 17.9 Å². The second-order valence-electron chi connectivity index (χ2n) is 22.0. The first kappa shape index (κ1) is 65.5. The van der Waals surface area contributed by atoms with Crippen molar-refractivity contribution in [3.63, 3.8) is 0 Å². The molecule has 2 aliphatic heterocycles. The van der Waals surface area contributed by atoms with Crippen LogP contribution in [0.4, 0.5) is 0 Å². The maximum Gasteiger partial charge on any atom is 0.305 e. The first-order chi connectivity index (χ1) is 43.1. The Morgan fingerprint density at radius 3 is 1.52 bits per heavy atom. The number of imidazole rings is 3. The first-order valence-electron chi connectivity index (χ1n) is 30.8. The minimum absolute atomic E-state index is 0.122. The van der Waals surface area contributed by atoms with Crippen LogP contribution in [0, 0.1) is 20.8 Å². The molecule has 6 aromatic carbocycles. The lowest BCUT2D eigenvalue weighted by Crippen LogP contribution is -2.12. The summed E-state index contributed by atoms with van der Waals surface area (Å²) < 4.78 is 16.6. The number of benzene rings is 6. The molecule has 2 atom stereocenters. The summed E-state index contributed by atoms with van der Waals surface area (Å²) in [7, 11) is 2.11. The Bertz CT molecular complexity index is 4130. The standard InChI is InChI=1S/C24H27N3O2S.C22H23N3O2S.C13H16N2O2S.C12H15N/c1-4-29-22(28)13-8-14-30-24-26-19-11-5-6-12-21(19)27(24)15-20-23-16(2)9-7-10-18(23)17(3)25-20;1-14-7-5-8-16-15(2)23-18(21(14)16)13-25-19-10-4-3-9-17(19)24-22(25)28-12-6-11-20(26)27;1-2-17-12(16)8-5-9-18-13-14-10-6-3-4-7-11(10)15-13;1-4-10-8-13(3)11-7-5-6-9(2)12(10)11/h5-7,9-12,17H,4,8,13-15H2,1-3H3;3-5,7-10,15H,6,11-13H2,1-2H3,(H,26,27);3-4,6-7H,2,5,8-9H2,1H3,(H,14,15);5-8H,4H2,1-3H3. The number of ether oxygens (including phenoxy) is 2. The molecule has 2 N–H and O–H groups in total. The molecule has 4 aromatic heterocycles. The van der Waals surface area contributed by atoms with E-state index in [1.54, 1.807) is 35.3 Å². The number of aliphatic imine (C=N–C) groups is 2. The predicted molar refractivity (Wildman–Crippen MR) is 366 cm³/mol. The lowest BCUT2D eigenvalue weighted by atomic mass is 9.97. The summed E-state index contributed by atoms with van der Waals surface area (Å²) in [4.78, 5) is 60.8. The summed E-state index contributed by atoms with van der Waals surface area (Å²) >= 11 is 4.94. The van der Waals surface area contributed by atoms with E-state index >= 15 is 0 Å². The van der Waals surface area contributed by atoms with Gasteiger partial charge in [-0.15, -0.1) is 0 Å². The van der Waals surface area contributed by atoms with Crippen molar-refractivity contribution in [1.29, 1.82) is 0 Å². The van der Waals surface area contributed by atoms with Gasteiger partial charge in [0.2, 0.25) is 0 Å². The second kappa shape index (κ2) is 31.5. The van der Waals surface area contributed by atoms with Gasteiger partial charge in [-0.1, -0.05) is 127 Å². The zero-order chi connectivity index (χ0) is 63.0. The van der Waals surface area contributed by atoms with Gasteiger partial charge in [0.25, 0.3) is 0 Å². The Morgan fingerprint density at radius 2 is 1.01 bits per heavy atom. The highest BCUT2D eigenvalue weighted by atomic mass is 32.2. The van der Waals surface area contributed by atoms with E-state index in [9.17, 15) is 14.4 Å². The Balaban J connectivity index is 0.000000147. The van der Waals surface area contributed by atoms with Crippen LogP contribution >= 0.6 is 35.3 Å². The van der Waals surface area contributed by atoms with Crippen LogP contribution in [0.1, 0.15) is 130 Å². The van der Waals surface area contributed by atoms with Crippen LogP contribution in [0.5, 0.6) is 0 Å². The van der Waals surface area contributed by atoms with Crippen LogP contribution in [0.15, 0.2) is 159 Å². The number of hydrogen-bond acceptors (Lipinski definition) is 13. The third-order valence-corrected chi connectivity index (χ3v) is 18.7. The van der Waals surface area contributed by atoms with E-state index in [-0.39, 0.29) is 30.4 Å². The topological polar surface area (TPSA) is 184 Å². The highest BCUT2D eigenvalue weighted by Crippen LogP contribution is 2.36. The fourth-order valence-electron chi connectivity index (χ4n) is 11.4. The van der Waals surface area contributed by atoms with Crippen LogP contribution in [-0.2, 0) is 50.4 Å². The van der Waals surface area contributed by atoms with Crippen molar-refractivity contribution in [2.24, 2.45) is 17.0 Å². The van der Waals surface area contributed by atoms with E-state index in [1.165, 1.54) is 55.4 Å². The molecule has 0 aliphatic carbocycles. The van der Waals surface area contributed by atoms with Crippen molar-refractivity contribution < 1.29 is 29.0 Å². The minimum Gasteiger partial charge on any atom is -0.481 e. The van der Waals surface area contributed by atoms with Crippen LogP contribution in [-0.4, -0.2) is 98.5 Å². The molecule has 0 amide bonds. The molecule has 0 bridgehead atoms. The number of fused-ring (bicyclic) bond motifs is 6. The number of nitrogens with zero attached hydrogens (tertiary/aromatic N) is 8. The number of carboxylic acids is 1. The van der Waals surface area contributed by atoms with Crippen molar-refractivity contribution in [3.8, 4) is 0 Å². The number of aromatic nitrogens is 7. The fraction of sp³-hybridized carbons (Fsp3) is 0.352. The molecule has 0 saturated heterocycles. The van der Waals surface area contributed by atoms with E-state index in [0.29, 0.717) is 45.6 Å². The maximum atomic E-state index is 11.6. The summed E-state index contributed by atoms with van der Waals surface area (Å²) in [6, 6.07) is 44.0. The Morgan fingerprint density at radius 1 is 0.551 bits per heavy atom. The molecule has 0 saturated carbocycles. The molecule has 15 nitrogen and oxygen atoms in total. The lowest BCUT2D eigenvalue weighted by molar-refractivity contribution is -0.144. The van der Waals surface area contributed by atoms with Gasteiger partial charge in [-0.2, -0.15) is 0 Å². The minimum atomic E-state index is -0.754. The van der Waals surface area contributed by atoms with Crippen molar-refractivity contribution >= 4 is 109 Å². The first-order valence-corrected chi connectivity index (χ1v) is 33.7. The number of para-hydroxylation sites is 6. The van der Waals surface area contributed by atoms with Gasteiger partial charge in [-0.25, -0.2) is 15.0 Å². The smallest absolute Gasteiger partial charge is 0.305 e. The fourth-order valence-corrected chi connectivity index (χ4v) is 14.1. The number of carbonyl (C=O) groups is 3. The predicted octanol–water partition coefficient (Wildman–Crippen LogP) is 16.3. The third kappa shape index (κ3) is 16.5. The molecular formula is C71H81N9O6S3. The average Bonchev–Trinajstić information content (AvgIpc) is 2.33. The number of carbonyl (C=O) groups excluding carboxylic acids is 2. The Hall–Kier alpha value is -7.93. The molecule has 10 aromatic rings. The average molecular weight is 1250 g/mol. The van der Waals surface area contributed by atoms with Crippen molar-refractivity contribution in [1.82, 2.24) is 33.6 Å². The molecule has 18 heteroatoms. The van der Waals surface area contributed by atoms with E-state index in [0.717, 1.165) is 96.5 Å². The number of rotatable bonds is 22. The zero-order valence-electron chi connectivity index (χ0n) is 52.5. The van der Waals surface area contributed by atoms with Crippen LogP contribution < -0.4 is 0 Å². The third-order valence-electron chi connectivity index (χ3n) is 15.6. The summed E-state index contributed by atoms with van der Waals surface area (Å²) in [6.45, 7) is 18.9. The van der Waals surface area contributed by atoms with E-state index in [1.807, 2.05) is 74.5 Å². The molecule has 0 radical (unpaired) electrons. The Kier molecular flexibility index (Phi) is 23.2. The molecule has 2 aliphatic rings. The molecule has 2 unspecified atom stereocenters. The van der Waals surface area contributed by atoms with Crippen molar-refractivity contribution in [3.05, 3.63) is 178 Å². The van der Waals surface area contributed by atoms with Gasteiger partial charge in [-0.05, 0) is 150 Å². The van der Waals surface area contributed by atoms with Gasteiger partial charge in [0.05, 0.1) is 82.9 Å². The van der Waals surface area contributed by atoms with Crippen LogP contribution in [0.25, 0.3) is 44.0 Å². The number of hydrogen-bond donors (Lipinski definition) is 2. The summed E-state index contributed by atoms with van der Waals surface area (Å²) in [5.41, 5.74) is 20.2. The number of esters is 2. The molecule has 89 heavy (non-hydrogen) atoms. The lowest BCUT2D eigenvalue weighted by Gasteiger charge is -2.12. The van der Waals surface area contributed by atoms with Crippen molar-refractivity contribution in [2.75, 3.05) is 30.5 Å². The van der Waals surface area contributed by atoms with Gasteiger partial charge in [-0.3, -0.25) is 24.4 Å². The number of aryl methyl sites for hydroxylation is 5.